The van der Waals surface area contributed by atoms with Crippen LogP contribution in [0.5, 0.6) is 0 Å². The minimum Gasteiger partial charge on any atom is -0.444 e. The summed E-state index contributed by atoms with van der Waals surface area (Å²) in [6.45, 7) is 1.22. The van der Waals surface area contributed by atoms with Crippen LogP contribution in [0.25, 0.3) is 0 Å². The number of halogens is 3. The molecule has 2 amide bonds. The van der Waals surface area contributed by atoms with E-state index in [0.29, 0.717) is 26.1 Å². The Morgan fingerprint density at radius 1 is 1.33 bits per heavy atom. The van der Waals surface area contributed by atoms with E-state index in [1.807, 2.05) is 0 Å². The van der Waals surface area contributed by atoms with Gasteiger partial charge >= 0.3 is 12.1 Å². The predicted octanol–water partition coefficient (Wildman–Crippen LogP) is -0.0636. The minimum absolute atomic E-state index is 0.0266. The maximum atomic E-state index is 12.5. The summed E-state index contributed by atoms with van der Waals surface area (Å²) in [5, 5.41) is 2.59. The summed E-state index contributed by atoms with van der Waals surface area (Å²) in [4.78, 5) is 36.5. The lowest BCUT2D eigenvalue weighted by molar-refractivity contribution is -0.207. The number of hydrogen-bond donors (Lipinski definition) is 2. The lowest BCUT2D eigenvalue weighted by Gasteiger charge is -2.28. The van der Waals surface area contributed by atoms with Crippen molar-refractivity contribution in [1.82, 2.24) is 10.2 Å². The molecule has 2 aliphatic rings. The molecular formula is C14H20F3N3O4. The molecule has 2 heterocycles. The predicted molar refractivity (Wildman–Crippen MR) is 75.5 cm³/mol. The topological polar surface area (TPSA) is 102 Å². The van der Waals surface area contributed by atoms with Crippen molar-refractivity contribution in [3.05, 3.63) is 0 Å². The molecule has 0 aromatic carbocycles. The molecule has 0 aromatic heterocycles. The van der Waals surface area contributed by atoms with E-state index in [1.54, 1.807) is 0 Å². The van der Waals surface area contributed by atoms with E-state index >= 15 is 0 Å². The zero-order chi connectivity index (χ0) is 17.9. The van der Waals surface area contributed by atoms with Crippen LogP contribution in [0, 0.1) is 5.92 Å². The summed E-state index contributed by atoms with van der Waals surface area (Å²) in [5.41, 5.74) is 5.85. The van der Waals surface area contributed by atoms with Crippen LogP contribution in [0.1, 0.15) is 25.7 Å². The zero-order valence-corrected chi connectivity index (χ0v) is 13.0. The van der Waals surface area contributed by atoms with Gasteiger partial charge in [-0.1, -0.05) is 0 Å². The second kappa shape index (κ2) is 7.37. The molecule has 0 aromatic rings. The SMILES string of the molecule is N[C@@H](C[C@@H]1CCNC1=O)C(OC(=O)C(F)(F)F)C(=O)N1CCCC1. The van der Waals surface area contributed by atoms with Gasteiger partial charge in [0.25, 0.3) is 5.91 Å². The molecule has 0 aliphatic carbocycles. The molecule has 2 fully saturated rings. The van der Waals surface area contributed by atoms with Crippen molar-refractivity contribution in [2.75, 3.05) is 19.6 Å². The number of carbonyl (C=O) groups excluding carboxylic acids is 3. The Hall–Kier alpha value is -1.84. The number of alkyl halides is 3. The Balaban J connectivity index is 2.09. The molecular weight excluding hydrogens is 331 g/mol. The Kier molecular flexibility index (Phi) is 5.68. The largest absolute Gasteiger partial charge is 0.490 e. The molecule has 3 atom stereocenters. The van der Waals surface area contributed by atoms with Crippen LogP contribution in [-0.2, 0) is 19.1 Å². The summed E-state index contributed by atoms with van der Waals surface area (Å²) >= 11 is 0. The zero-order valence-electron chi connectivity index (χ0n) is 13.0. The van der Waals surface area contributed by atoms with Crippen LogP contribution >= 0.6 is 0 Å². The molecule has 0 saturated carbocycles. The Bertz CT molecular complexity index is 506. The molecule has 2 rings (SSSR count). The average Bonchev–Trinajstić information content (AvgIpc) is 3.15. The third kappa shape index (κ3) is 4.37. The van der Waals surface area contributed by atoms with E-state index in [1.165, 1.54) is 4.90 Å². The highest BCUT2D eigenvalue weighted by atomic mass is 19.4. The third-order valence-electron chi connectivity index (χ3n) is 4.23. The van der Waals surface area contributed by atoms with Crippen LogP contribution in [-0.4, -0.2) is 60.6 Å². The number of nitrogens with zero attached hydrogens (tertiary/aromatic N) is 1. The van der Waals surface area contributed by atoms with Crippen molar-refractivity contribution in [1.29, 1.82) is 0 Å². The first-order valence-corrected chi connectivity index (χ1v) is 7.80. The molecule has 24 heavy (non-hydrogen) atoms. The van der Waals surface area contributed by atoms with Crippen LogP contribution < -0.4 is 11.1 Å². The van der Waals surface area contributed by atoms with Gasteiger partial charge in [-0.3, -0.25) is 9.59 Å². The number of carbonyl (C=O) groups is 3. The highest BCUT2D eigenvalue weighted by molar-refractivity contribution is 5.86. The maximum Gasteiger partial charge on any atom is 0.490 e. The quantitative estimate of drug-likeness (QED) is 0.676. The number of nitrogens with two attached hydrogens (primary N) is 1. The van der Waals surface area contributed by atoms with Crippen molar-refractivity contribution in [2.45, 2.75) is 44.0 Å². The van der Waals surface area contributed by atoms with Crippen molar-refractivity contribution >= 4 is 17.8 Å². The highest BCUT2D eigenvalue weighted by Gasteiger charge is 2.46. The molecule has 136 valence electrons. The summed E-state index contributed by atoms with van der Waals surface area (Å²) in [6.07, 6.45) is -5.05. The highest BCUT2D eigenvalue weighted by Crippen LogP contribution is 2.23. The normalized spacial score (nSPS) is 23.8. The summed E-state index contributed by atoms with van der Waals surface area (Å²) in [7, 11) is 0. The van der Waals surface area contributed by atoms with Gasteiger partial charge in [0.15, 0.2) is 6.10 Å². The monoisotopic (exact) mass is 351 g/mol. The Morgan fingerprint density at radius 3 is 2.46 bits per heavy atom. The fourth-order valence-electron chi connectivity index (χ4n) is 2.94. The molecule has 1 unspecified atom stereocenters. The summed E-state index contributed by atoms with van der Waals surface area (Å²) < 4.78 is 41.8. The van der Waals surface area contributed by atoms with Crippen molar-refractivity contribution in [3.63, 3.8) is 0 Å². The number of ether oxygens (including phenoxy) is 1. The van der Waals surface area contributed by atoms with E-state index in [0.717, 1.165) is 12.8 Å². The van der Waals surface area contributed by atoms with Gasteiger partial charge in [-0.25, -0.2) is 4.79 Å². The van der Waals surface area contributed by atoms with E-state index < -0.39 is 36.1 Å². The van der Waals surface area contributed by atoms with E-state index in [2.05, 4.69) is 10.1 Å². The molecule has 0 radical (unpaired) electrons. The van der Waals surface area contributed by atoms with Gasteiger partial charge in [-0.15, -0.1) is 0 Å². The number of amides is 2. The van der Waals surface area contributed by atoms with Gasteiger partial charge < -0.3 is 20.7 Å². The molecule has 3 N–H and O–H groups in total. The van der Waals surface area contributed by atoms with Crippen molar-refractivity contribution < 1.29 is 32.3 Å². The van der Waals surface area contributed by atoms with Gasteiger partial charge in [-0.05, 0) is 25.7 Å². The standard InChI is InChI=1S/C14H20F3N3O4/c15-14(16,17)13(23)24-10(12(22)20-5-1-2-6-20)9(18)7-8-3-4-19-11(8)21/h8-10H,1-7,18H2,(H,19,21)/t8-,9-,10?/m0/s1. The lowest BCUT2D eigenvalue weighted by Crippen LogP contribution is -2.52. The fourth-order valence-corrected chi connectivity index (χ4v) is 2.94. The first kappa shape index (κ1) is 18.5. The van der Waals surface area contributed by atoms with Gasteiger partial charge in [0.05, 0.1) is 6.04 Å². The van der Waals surface area contributed by atoms with Gasteiger partial charge in [-0.2, -0.15) is 13.2 Å². The van der Waals surface area contributed by atoms with Gasteiger partial charge in [0.1, 0.15) is 0 Å². The molecule has 0 bridgehead atoms. The molecule has 2 saturated heterocycles. The van der Waals surface area contributed by atoms with Crippen LogP contribution in [0.15, 0.2) is 0 Å². The Morgan fingerprint density at radius 2 is 1.96 bits per heavy atom. The van der Waals surface area contributed by atoms with E-state index in [-0.39, 0.29) is 12.3 Å². The smallest absolute Gasteiger partial charge is 0.444 e. The number of hydrogen-bond acceptors (Lipinski definition) is 5. The summed E-state index contributed by atoms with van der Waals surface area (Å²) in [5.74, 6) is -3.96. The van der Waals surface area contributed by atoms with E-state index in [4.69, 9.17) is 5.73 Å². The van der Waals surface area contributed by atoms with Gasteiger partial charge in [0.2, 0.25) is 5.91 Å². The average molecular weight is 351 g/mol. The molecule has 0 spiro atoms. The fraction of sp³-hybridized carbons (Fsp3) is 0.786. The first-order valence-electron chi connectivity index (χ1n) is 7.80. The van der Waals surface area contributed by atoms with Crippen LogP contribution in [0.2, 0.25) is 0 Å². The summed E-state index contributed by atoms with van der Waals surface area (Å²) in [6, 6.07) is -1.18. The van der Waals surface area contributed by atoms with Crippen molar-refractivity contribution in [3.8, 4) is 0 Å². The van der Waals surface area contributed by atoms with Crippen LogP contribution in [0.3, 0.4) is 0 Å². The molecule has 7 nitrogen and oxygen atoms in total. The number of esters is 1. The lowest BCUT2D eigenvalue weighted by atomic mass is 9.95. The van der Waals surface area contributed by atoms with Crippen molar-refractivity contribution in [2.24, 2.45) is 11.7 Å². The Labute approximate surface area is 136 Å². The maximum absolute atomic E-state index is 12.5. The molecule has 2 aliphatic heterocycles. The third-order valence-corrected chi connectivity index (χ3v) is 4.23. The second-order valence-corrected chi connectivity index (χ2v) is 6.03. The van der Waals surface area contributed by atoms with Crippen LogP contribution in [0.4, 0.5) is 13.2 Å². The number of rotatable bonds is 5. The number of nitrogens with one attached hydrogen (secondary N) is 1. The number of likely N-dealkylation sites (tertiary alicyclic amines) is 1. The molecule has 10 heteroatoms. The van der Waals surface area contributed by atoms with Gasteiger partial charge in [0, 0.05) is 25.6 Å². The first-order chi connectivity index (χ1) is 11.2. The second-order valence-electron chi connectivity index (χ2n) is 6.03. The van der Waals surface area contributed by atoms with E-state index in [9.17, 15) is 27.6 Å². The minimum atomic E-state index is -5.21.